The lowest BCUT2D eigenvalue weighted by atomic mass is 9.91. The highest BCUT2D eigenvalue weighted by molar-refractivity contribution is 6.33. The minimum Gasteiger partial charge on any atom is -0.364 e. The average Bonchev–Trinajstić information content (AvgIpc) is 2.46. The third-order valence-electron chi connectivity index (χ3n) is 5.16. The van der Waals surface area contributed by atoms with Crippen molar-refractivity contribution in [1.82, 2.24) is 4.90 Å². The fourth-order valence-electron chi connectivity index (χ4n) is 3.90. The predicted molar refractivity (Wildman–Crippen MR) is 91.4 cm³/mol. The number of aryl methyl sites for hydroxylation is 1. The number of anilines is 1. The third kappa shape index (κ3) is 3.07. The van der Waals surface area contributed by atoms with Crippen molar-refractivity contribution in [3.63, 3.8) is 0 Å². The molecule has 0 aromatic heterocycles. The lowest BCUT2D eigenvalue weighted by Crippen LogP contribution is -2.61. The van der Waals surface area contributed by atoms with Crippen LogP contribution in [-0.2, 0) is 0 Å². The van der Waals surface area contributed by atoms with Crippen LogP contribution in [0.2, 0.25) is 5.02 Å². The van der Waals surface area contributed by atoms with Crippen LogP contribution in [-0.4, -0.2) is 36.6 Å². The van der Waals surface area contributed by atoms with Crippen molar-refractivity contribution in [2.24, 2.45) is 5.92 Å². The smallest absolute Gasteiger partial charge is 0.0642 e. The summed E-state index contributed by atoms with van der Waals surface area (Å²) in [6.45, 7) is 10.4. The Morgan fingerprint density at radius 2 is 2.00 bits per heavy atom. The molecule has 21 heavy (non-hydrogen) atoms. The van der Waals surface area contributed by atoms with Gasteiger partial charge in [0.2, 0.25) is 0 Å². The van der Waals surface area contributed by atoms with E-state index in [2.05, 4.69) is 48.8 Å². The minimum atomic E-state index is 0.569. The van der Waals surface area contributed by atoms with Crippen LogP contribution in [0.3, 0.4) is 0 Å². The van der Waals surface area contributed by atoms with Gasteiger partial charge in [0, 0.05) is 25.2 Å². The molecule has 2 heterocycles. The van der Waals surface area contributed by atoms with Crippen LogP contribution in [0.25, 0.3) is 0 Å². The molecule has 3 heteroatoms. The molecule has 2 nitrogen and oxygen atoms in total. The molecule has 0 spiro atoms. The molecule has 2 fully saturated rings. The Kier molecular flexibility index (Phi) is 4.46. The predicted octanol–water partition coefficient (Wildman–Crippen LogP) is 4.35. The third-order valence-corrected chi connectivity index (χ3v) is 5.46. The Morgan fingerprint density at radius 1 is 1.19 bits per heavy atom. The van der Waals surface area contributed by atoms with Gasteiger partial charge < -0.3 is 4.90 Å². The molecular formula is C18H27ClN2. The zero-order chi connectivity index (χ0) is 15.0. The van der Waals surface area contributed by atoms with Gasteiger partial charge in [-0.2, -0.15) is 0 Å². The second-order valence-corrected chi connectivity index (χ2v) is 7.47. The highest BCUT2D eigenvalue weighted by Crippen LogP contribution is 2.35. The van der Waals surface area contributed by atoms with Gasteiger partial charge in [-0.15, -0.1) is 0 Å². The molecule has 2 unspecified atom stereocenters. The number of fused-ring (bicyclic) bond motifs is 1. The molecule has 2 aliphatic rings. The van der Waals surface area contributed by atoms with E-state index in [1.165, 1.54) is 43.6 Å². The van der Waals surface area contributed by atoms with E-state index in [1.807, 2.05) is 0 Å². The summed E-state index contributed by atoms with van der Waals surface area (Å²) in [4.78, 5) is 5.30. The second-order valence-electron chi connectivity index (χ2n) is 7.06. The van der Waals surface area contributed by atoms with E-state index in [4.69, 9.17) is 11.6 Å². The summed E-state index contributed by atoms with van der Waals surface area (Å²) >= 11 is 6.55. The highest BCUT2D eigenvalue weighted by Gasteiger charge is 2.36. The molecule has 2 aliphatic heterocycles. The molecule has 2 saturated heterocycles. The molecule has 3 rings (SSSR count). The molecule has 0 bridgehead atoms. The van der Waals surface area contributed by atoms with E-state index in [0.29, 0.717) is 18.0 Å². The summed E-state index contributed by atoms with van der Waals surface area (Å²) in [6, 6.07) is 7.78. The lowest BCUT2D eigenvalue weighted by Gasteiger charge is -2.51. The van der Waals surface area contributed by atoms with Crippen molar-refractivity contribution in [3.8, 4) is 0 Å². The van der Waals surface area contributed by atoms with Crippen LogP contribution in [0.1, 0.15) is 38.7 Å². The summed E-state index contributed by atoms with van der Waals surface area (Å²) in [5, 5.41) is 0.907. The fraction of sp³-hybridized carbons (Fsp3) is 0.667. The number of rotatable bonds is 2. The summed E-state index contributed by atoms with van der Waals surface area (Å²) in [5.41, 5.74) is 2.47. The van der Waals surface area contributed by atoms with Gasteiger partial charge in [0.1, 0.15) is 0 Å². The molecule has 0 amide bonds. The maximum Gasteiger partial charge on any atom is 0.0642 e. The molecule has 0 saturated carbocycles. The average molecular weight is 307 g/mol. The standard InChI is InChI=1S/C18H27ClN2/c1-13(2)18-12-20-9-5-4-6-15(20)11-21(18)17-8-7-14(3)10-16(17)19/h7-8,10,13,15,18H,4-6,9,11-12H2,1-3H3. The zero-order valence-electron chi connectivity index (χ0n) is 13.5. The van der Waals surface area contributed by atoms with Gasteiger partial charge in [-0.1, -0.05) is 37.9 Å². The van der Waals surface area contributed by atoms with Crippen molar-refractivity contribution < 1.29 is 0 Å². The fourth-order valence-corrected chi connectivity index (χ4v) is 4.24. The van der Waals surface area contributed by atoms with E-state index in [0.717, 1.165) is 11.6 Å². The van der Waals surface area contributed by atoms with Gasteiger partial charge in [-0.25, -0.2) is 0 Å². The first kappa shape index (κ1) is 15.2. The summed E-state index contributed by atoms with van der Waals surface area (Å²) in [5.74, 6) is 0.644. The zero-order valence-corrected chi connectivity index (χ0v) is 14.2. The molecule has 0 N–H and O–H groups in total. The molecule has 0 aliphatic carbocycles. The Hall–Kier alpha value is -0.730. The van der Waals surface area contributed by atoms with Crippen molar-refractivity contribution in [1.29, 1.82) is 0 Å². The highest BCUT2D eigenvalue weighted by atomic mass is 35.5. The topological polar surface area (TPSA) is 6.48 Å². The van der Waals surface area contributed by atoms with Crippen LogP contribution in [0.15, 0.2) is 18.2 Å². The maximum atomic E-state index is 6.55. The number of benzene rings is 1. The number of hydrogen-bond donors (Lipinski definition) is 0. The Bertz CT molecular complexity index is 500. The number of hydrogen-bond acceptors (Lipinski definition) is 2. The van der Waals surface area contributed by atoms with Crippen molar-refractivity contribution in [2.45, 2.75) is 52.1 Å². The van der Waals surface area contributed by atoms with Crippen molar-refractivity contribution in [2.75, 3.05) is 24.5 Å². The first-order valence-corrected chi connectivity index (χ1v) is 8.71. The summed E-state index contributed by atoms with van der Waals surface area (Å²) < 4.78 is 0. The molecule has 116 valence electrons. The SMILES string of the molecule is Cc1ccc(N2CC3CCCCN3CC2C(C)C)c(Cl)c1. The van der Waals surface area contributed by atoms with E-state index in [1.54, 1.807) is 0 Å². The molecule has 0 radical (unpaired) electrons. The van der Waals surface area contributed by atoms with E-state index in [-0.39, 0.29) is 0 Å². The van der Waals surface area contributed by atoms with Crippen LogP contribution in [0.5, 0.6) is 0 Å². The normalized spacial score (nSPS) is 27.0. The van der Waals surface area contributed by atoms with Gasteiger partial charge in [0.05, 0.1) is 10.7 Å². The van der Waals surface area contributed by atoms with Crippen LogP contribution in [0, 0.1) is 12.8 Å². The maximum absolute atomic E-state index is 6.55. The monoisotopic (exact) mass is 306 g/mol. The van der Waals surface area contributed by atoms with Gasteiger partial charge in [0.15, 0.2) is 0 Å². The number of piperazine rings is 1. The molecule has 1 aromatic carbocycles. The number of piperidine rings is 1. The van der Waals surface area contributed by atoms with Crippen LogP contribution >= 0.6 is 11.6 Å². The van der Waals surface area contributed by atoms with Crippen LogP contribution < -0.4 is 4.90 Å². The van der Waals surface area contributed by atoms with E-state index in [9.17, 15) is 0 Å². The van der Waals surface area contributed by atoms with Crippen LogP contribution in [0.4, 0.5) is 5.69 Å². The van der Waals surface area contributed by atoms with Gasteiger partial charge in [-0.05, 0) is 49.9 Å². The lowest BCUT2D eigenvalue weighted by molar-refractivity contribution is 0.100. The summed E-state index contributed by atoms with van der Waals surface area (Å²) in [7, 11) is 0. The largest absolute Gasteiger partial charge is 0.364 e. The van der Waals surface area contributed by atoms with E-state index >= 15 is 0 Å². The Balaban J connectivity index is 1.90. The number of halogens is 1. The number of nitrogens with zero attached hydrogens (tertiary/aromatic N) is 2. The second kappa shape index (κ2) is 6.18. The first-order chi connectivity index (χ1) is 10.1. The molecule has 1 aromatic rings. The Labute approximate surface area is 134 Å². The quantitative estimate of drug-likeness (QED) is 0.801. The van der Waals surface area contributed by atoms with Gasteiger partial charge in [0.25, 0.3) is 0 Å². The molecular weight excluding hydrogens is 280 g/mol. The molecule has 2 atom stereocenters. The Morgan fingerprint density at radius 3 is 2.71 bits per heavy atom. The van der Waals surface area contributed by atoms with Crippen molar-refractivity contribution in [3.05, 3.63) is 28.8 Å². The van der Waals surface area contributed by atoms with Gasteiger partial charge in [-0.3, -0.25) is 4.90 Å². The van der Waals surface area contributed by atoms with Gasteiger partial charge >= 0.3 is 0 Å². The first-order valence-electron chi connectivity index (χ1n) is 8.33. The van der Waals surface area contributed by atoms with Crippen molar-refractivity contribution >= 4 is 17.3 Å². The van der Waals surface area contributed by atoms with E-state index < -0.39 is 0 Å². The minimum absolute atomic E-state index is 0.569. The summed E-state index contributed by atoms with van der Waals surface area (Å²) in [6.07, 6.45) is 4.08.